The Bertz CT molecular complexity index is 513. The number of ether oxygens (including phenoxy) is 1. The van der Waals surface area contributed by atoms with Gasteiger partial charge in [-0.1, -0.05) is 23.8 Å². The number of fused-ring (bicyclic) bond motifs is 1. The number of hydrogen-bond donors (Lipinski definition) is 2. The van der Waals surface area contributed by atoms with Gasteiger partial charge >= 0.3 is 0 Å². The molecule has 0 spiro atoms. The van der Waals surface area contributed by atoms with Crippen LogP contribution in [0.1, 0.15) is 66.2 Å². The minimum Gasteiger partial charge on any atom is -0.392 e. The van der Waals surface area contributed by atoms with E-state index in [1.807, 2.05) is 26.0 Å². The molecule has 1 aliphatic carbocycles. The normalized spacial score (nSPS) is 42.0. The van der Waals surface area contributed by atoms with Crippen molar-refractivity contribution in [3.8, 4) is 0 Å². The monoisotopic (exact) mass is 320 g/mol. The van der Waals surface area contributed by atoms with Gasteiger partial charge in [0.25, 0.3) is 0 Å². The lowest BCUT2D eigenvalue weighted by Crippen LogP contribution is -2.22. The van der Waals surface area contributed by atoms with Gasteiger partial charge in [0.15, 0.2) is 0 Å². The van der Waals surface area contributed by atoms with Crippen molar-refractivity contribution in [1.82, 2.24) is 0 Å². The summed E-state index contributed by atoms with van der Waals surface area (Å²) in [6, 6.07) is 0. The van der Waals surface area contributed by atoms with Crippen LogP contribution < -0.4 is 0 Å². The van der Waals surface area contributed by atoms with Gasteiger partial charge in [-0.05, 0) is 77.4 Å². The molecule has 0 aromatic heterocycles. The molecule has 0 aromatic carbocycles. The first-order chi connectivity index (χ1) is 10.8. The Morgan fingerprint density at radius 2 is 2.04 bits per heavy atom. The standard InChI is InChI=1S/C20H32O3/c1-15-6-5-11-20(4)18(23-20)10-13-19(3,22)12-9-17(8-7-15)16(2)14-21/h6,9,12,18,21-22H,5,7-8,10-11,13-14H2,1-4H3/b12-9+,15-6+,17-16-/t18?,19?,20-/m0/s1. The quantitative estimate of drug-likeness (QED) is 0.566. The molecule has 1 saturated heterocycles. The molecule has 0 aromatic rings. The predicted octanol–water partition coefficient (Wildman–Crippen LogP) is 4.06. The van der Waals surface area contributed by atoms with Gasteiger partial charge in [0.2, 0.25) is 0 Å². The number of aliphatic hydroxyl groups is 2. The maximum Gasteiger partial charge on any atom is 0.0923 e. The molecule has 1 aliphatic heterocycles. The maximum absolute atomic E-state index is 10.6. The van der Waals surface area contributed by atoms with Crippen LogP contribution in [0.4, 0.5) is 0 Å². The van der Waals surface area contributed by atoms with Gasteiger partial charge in [-0.2, -0.15) is 0 Å². The van der Waals surface area contributed by atoms with Crippen molar-refractivity contribution >= 4 is 0 Å². The molecular weight excluding hydrogens is 288 g/mol. The Balaban J connectivity index is 2.18. The van der Waals surface area contributed by atoms with E-state index in [1.165, 1.54) is 5.57 Å². The lowest BCUT2D eigenvalue weighted by molar-refractivity contribution is 0.0963. The van der Waals surface area contributed by atoms with Crippen molar-refractivity contribution in [3.05, 3.63) is 34.9 Å². The van der Waals surface area contributed by atoms with Crippen LogP contribution in [-0.2, 0) is 4.74 Å². The molecular formula is C20H32O3. The van der Waals surface area contributed by atoms with Crippen LogP contribution in [0.2, 0.25) is 0 Å². The lowest BCUT2D eigenvalue weighted by atomic mass is 9.90. The Morgan fingerprint density at radius 1 is 1.30 bits per heavy atom. The van der Waals surface area contributed by atoms with Crippen LogP contribution in [0.15, 0.2) is 34.9 Å². The van der Waals surface area contributed by atoms with Crippen molar-refractivity contribution in [2.24, 2.45) is 0 Å². The van der Waals surface area contributed by atoms with E-state index in [0.717, 1.165) is 43.3 Å². The van der Waals surface area contributed by atoms with Gasteiger partial charge in [0, 0.05) is 0 Å². The fraction of sp³-hybridized carbons (Fsp3) is 0.700. The topological polar surface area (TPSA) is 53.0 Å². The predicted molar refractivity (Wildman–Crippen MR) is 94.3 cm³/mol. The second kappa shape index (κ2) is 7.33. The van der Waals surface area contributed by atoms with E-state index in [9.17, 15) is 10.2 Å². The van der Waals surface area contributed by atoms with E-state index in [4.69, 9.17) is 4.74 Å². The zero-order chi connectivity index (χ0) is 17.1. The summed E-state index contributed by atoms with van der Waals surface area (Å²) in [4.78, 5) is 0. The smallest absolute Gasteiger partial charge is 0.0923 e. The molecule has 1 heterocycles. The van der Waals surface area contributed by atoms with Crippen LogP contribution >= 0.6 is 0 Å². The van der Waals surface area contributed by atoms with Gasteiger partial charge < -0.3 is 14.9 Å². The Morgan fingerprint density at radius 3 is 2.74 bits per heavy atom. The molecule has 23 heavy (non-hydrogen) atoms. The minimum atomic E-state index is -0.831. The molecule has 130 valence electrons. The summed E-state index contributed by atoms with van der Waals surface area (Å²) in [5, 5.41) is 20.0. The molecule has 0 bridgehead atoms. The zero-order valence-corrected chi connectivity index (χ0v) is 15.1. The highest BCUT2D eigenvalue weighted by Crippen LogP contribution is 2.44. The van der Waals surface area contributed by atoms with Crippen LogP contribution in [0.5, 0.6) is 0 Å². The summed E-state index contributed by atoms with van der Waals surface area (Å²) in [7, 11) is 0. The second-order valence-electron chi connectivity index (χ2n) is 7.70. The third-order valence-electron chi connectivity index (χ3n) is 5.30. The molecule has 0 radical (unpaired) electrons. The molecule has 3 nitrogen and oxygen atoms in total. The third-order valence-corrected chi connectivity index (χ3v) is 5.30. The highest BCUT2D eigenvalue weighted by Gasteiger charge is 2.51. The average molecular weight is 320 g/mol. The minimum absolute atomic E-state index is 0.000763. The summed E-state index contributed by atoms with van der Waals surface area (Å²) in [5.41, 5.74) is 2.66. The summed E-state index contributed by atoms with van der Waals surface area (Å²) < 4.78 is 5.88. The Hall–Kier alpha value is -0.900. The van der Waals surface area contributed by atoms with Crippen LogP contribution in [0, 0.1) is 0 Å². The molecule has 3 atom stereocenters. The first kappa shape index (κ1) is 18.4. The van der Waals surface area contributed by atoms with E-state index in [2.05, 4.69) is 19.9 Å². The Kier molecular flexibility index (Phi) is 5.88. The molecule has 2 unspecified atom stereocenters. The van der Waals surface area contributed by atoms with E-state index in [-0.39, 0.29) is 18.3 Å². The molecule has 0 amide bonds. The van der Waals surface area contributed by atoms with Crippen molar-refractivity contribution in [1.29, 1.82) is 0 Å². The highest BCUT2D eigenvalue weighted by molar-refractivity contribution is 5.28. The van der Waals surface area contributed by atoms with E-state index >= 15 is 0 Å². The third kappa shape index (κ3) is 5.30. The number of hydrogen-bond acceptors (Lipinski definition) is 3. The van der Waals surface area contributed by atoms with Crippen LogP contribution in [-0.4, -0.2) is 34.1 Å². The van der Waals surface area contributed by atoms with Crippen molar-refractivity contribution in [3.63, 3.8) is 0 Å². The summed E-state index contributed by atoms with van der Waals surface area (Å²) in [5.74, 6) is 0. The fourth-order valence-corrected chi connectivity index (χ4v) is 3.24. The van der Waals surface area contributed by atoms with Gasteiger partial charge in [0.1, 0.15) is 0 Å². The SMILES string of the molecule is C/C(CO)=C1/C=C/C(C)(O)CCC2O[C@@]2(C)CC/C=C(\C)CC1. The van der Waals surface area contributed by atoms with E-state index in [0.29, 0.717) is 6.42 Å². The molecule has 2 aliphatic rings. The van der Waals surface area contributed by atoms with Gasteiger partial charge in [-0.3, -0.25) is 0 Å². The lowest BCUT2D eigenvalue weighted by Gasteiger charge is -2.19. The molecule has 3 heteroatoms. The number of epoxide rings is 1. The zero-order valence-electron chi connectivity index (χ0n) is 15.1. The molecule has 1 fully saturated rings. The summed E-state index contributed by atoms with van der Waals surface area (Å²) in [6.07, 6.45) is 12.0. The molecule has 0 saturated carbocycles. The van der Waals surface area contributed by atoms with Crippen LogP contribution in [0.3, 0.4) is 0 Å². The number of rotatable bonds is 1. The Labute approximate surface area is 140 Å². The van der Waals surface area contributed by atoms with Crippen LogP contribution in [0.25, 0.3) is 0 Å². The largest absolute Gasteiger partial charge is 0.392 e. The molecule has 2 rings (SSSR count). The van der Waals surface area contributed by atoms with Gasteiger partial charge in [-0.25, -0.2) is 0 Å². The first-order valence-electron chi connectivity index (χ1n) is 8.80. The average Bonchev–Trinajstić information content (AvgIpc) is 3.14. The fourth-order valence-electron chi connectivity index (χ4n) is 3.24. The van der Waals surface area contributed by atoms with E-state index < -0.39 is 5.60 Å². The summed E-state index contributed by atoms with van der Waals surface area (Å²) >= 11 is 0. The highest BCUT2D eigenvalue weighted by atomic mass is 16.6. The second-order valence-corrected chi connectivity index (χ2v) is 7.70. The number of aliphatic hydroxyl groups excluding tert-OH is 1. The van der Waals surface area contributed by atoms with E-state index in [1.54, 1.807) is 0 Å². The maximum atomic E-state index is 10.6. The van der Waals surface area contributed by atoms with Gasteiger partial charge in [0.05, 0.1) is 23.9 Å². The summed E-state index contributed by atoms with van der Waals surface area (Å²) in [6.45, 7) is 8.24. The van der Waals surface area contributed by atoms with Gasteiger partial charge in [-0.15, -0.1) is 0 Å². The van der Waals surface area contributed by atoms with Crippen molar-refractivity contribution in [2.45, 2.75) is 83.5 Å². The van der Waals surface area contributed by atoms with Crippen molar-refractivity contribution < 1.29 is 14.9 Å². The molecule has 2 N–H and O–H groups in total. The van der Waals surface area contributed by atoms with Crippen molar-refractivity contribution in [2.75, 3.05) is 6.61 Å². The number of allylic oxidation sites excluding steroid dienone is 4. The first-order valence-corrected chi connectivity index (χ1v) is 8.80.